The number of nitrogens with two attached hydrogens (primary N) is 1. The molecule has 0 heterocycles. The van der Waals surface area contributed by atoms with Crippen LogP contribution in [0.25, 0.3) is 0 Å². The molecule has 0 fully saturated rings. The Bertz CT molecular complexity index is 291. The van der Waals surface area contributed by atoms with Crippen LogP contribution in [0.3, 0.4) is 0 Å². The summed E-state index contributed by atoms with van der Waals surface area (Å²) in [5, 5.41) is 0. The average molecular weight is 234 g/mol. The van der Waals surface area contributed by atoms with Gasteiger partial charge in [-0.3, -0.25) is 0 Å². The highest BCUT2D eigenvalue weighted by Gasteiger charge is 2.05. The van der Waals surface area contributed by atoms with E-state index in [1.165, 1.54) is 12.1 Å². The van der Waals surface area contributed by atoms with Crippen LogP contribution in [0, 0.1) is 5.82 Å². The van der Waals surface area contributed by atoms with Gasteiger partial charge >= 0.3 is 0 Å². The summed E-state index contributed by atoms with van der Waals surface area (Å²) in [6, 6.07) is 2.75. The van der Waals surface area contributed by atoms with Crippen molar-refractivity contribution < 1.29 is 9.13 Å². The van der Waals surface area contributed by atoms with Crippen LogP contribution < -0.4 is 10.5 Å². The third kappa shape index (κ3) is 1.88. The van der Waals surface area contributed by atoms with Gasteiger partial charge < -0.3 is 10.5 Å². The van der Waals surface area contributed by atoms with E-state index in [-0.39, 0.29) is 5.69 Å². The van der Waals surface area contributed by atoms with Gasteiger partial charge in [-0.15, -0.1) is 0 Å². The van der Waals surface area contributed by atoms with E-state index in [0.29, 0.717) is 16.8 Å². The highest BCUT2D eigenvalue weighted by molar-refractivity contribution is 9.10. The number of hydrogen-bond donors (Lipinski definition) is 1. The molecule has 0 unspecified atom stereocenters. The van der Waals surface area contributed by atoms with E-state index < -0.39 is 5.82 Å². The molecule has 0 atom stereocenters. The first-order valence-electron chi connectivity index (χ1n) is 3.52. The lowest BCUT2D eigenvalue weighted by molar-refractivity contribution is 0.337. The zero-order valence-electron chi connectivity index (χ0n) is 6.60. The van der Waals surface area contributed by atoms with Crippen molar-refractivity contribution in [2.24, 2.45) is 0 Å². The van der Waals surface area contributed by atoms with Crippen molar-refractivity contribution >= 4 is 21.6 Å². The van der Waals surface area contributed by atoms with Gasteiger partial charge in [-0.1, -0.05) is 0 Å². The molecule has 0 amide bonds. The Morgan fingerprint density at radius 2 is 2.25 bits per heavy atom. The molecule has 2 nitrogen and oxygen atoms in total. The summed E-state index contributed by atoms with van der Waals surface area (Å²) in [7, 11) is 0. The lowest BCUT2D eigenvalue weighted by Crippen LogP contribution is -1.96. The Kier molecular flexibility index (Phi) is 2.92. The Balaban J connectivity index is 3.05. The van der Waals surface area contributed by atoms with E-state index in [1.807, 2.05) is 6.92 Å². The van der Waals surface area contributed by atoms with Crippen molar-refractivity contribution in [3.05, 3.63) is 22.4 Å². The lowest BCUT2D eigenvalue weighted by atomic mass is 10.3. The molecule has 1 aromatic rings. The maximum absolute atomic E-state index is 12.8. The molecule has 0 saturated heterocycles. The summed E-state index contributed by atoms with van der Waals surface area (Å²) >= 11 is 3.16. The fraction of sp³-hybridized carbons (Fsp3) is 0.250. The number of nitrogen functional groups attached to an aromatic ring is 1. The second-order valence-electron chi connectivity index (χ2n) is 2.24. The summed E-state index contributed by atoms with van der Waals surface area (Å²) in [4.78, 5) is 0. The molecule has 0 spiro atoms. The molecule has 0 bridgehead atoms. The normalized spacial score (nSPS) is 9.92. The second kappa shape index (κ2) is 3.76. The molecule has 1 rings (SSSR count). The van der Waals surface area contributed by atoms with E-state index in [1.54, 1.807) is 0 Å². The van der Waals surface area contributed by atoms with Gasteiger partial charge in [0.25, 0.3) is 0 Å². The smallest absolute Gasteiger partial charge is 0.147 e. The monoisotopic (exact) mass is 233 g/mol. The molecule has 0 saturated carbocycles. The minimum absolute atomic E-state index is 0.0988. The van der Waals surface area contributed by atoms with Crippen LogP contribution in [0.5, 0.6) is 5.75 Å². The summed E-state index contributed by atoms with van der Waals surface area (Å²) in [5.74, 6) is 0.127. The molecular weight excluding hydrogens is 225 g/mol. The van der Waals surface area contributed by atoms with Crippen molar-refractivity contribution in [3.8, 4) is 5.75 Å². The van der Waals surface area contributed by atoms with Gasteiger partial charge in [-0.2, -0.15) is 0 Å². The molecule has 0 aliphatic rings. The van der Waals surface area contributed by atoms with E-state index in [4.69, 9.17) is 10.5 Å². The molecule has 0 aliphatic carbocycles. The first-order valence-corrected chi connectivity index (χ1v) is 4.31. The maximum atomic E-state index is 12.8. The van der Waals surface area contributed by atoms with Crippen LogP contribution in [0.15, 0.2) is 16.6 Å². The maximum Gasteiger partial charge on any atom is 0.147 e. The summed E-state index contributed by atoms with van der Waals surface area (Å²) in [5.41, 5.74) is 5.44. The predicted molar refractivity (Wildman–Crippen MR) is 49.7 cm³/mol. The summed E-state index contributed by atoms with van der Waals surface area (Å²) in [6.07, 6.45) is 0. The van der Waals surface area contributed by atoms with Crippen molar-refractivity contribution in [3.63, 3.8) is 0 Å². The minimum atomic E-state index is -0.440. The third-order valence-electron chi connectivity index (χ3n) is 1.35. The summed E-state index contributed by atoms with van der Waals surface area (Å²) < 4.78 is 18.5. The van der Waals surface area contributed by atoms with Crippen LogP contribution in [0.2, 0.25) is 0 Å². The van der Waals surface area contributed by atoms with Crippen molar-refractivity contribution in [2.75, 3.05) is 12.3 Å². The number of ether oxygens (including phenoxy) is 1. The first kappa shape index (κ1) is 9.32. The molecule has 12 heavy (non-hydrogen) atoms. The third-order valence-corrected chi connectivity index (χ3v) is 1.97. The Morgan fingerprint density at radius 1 is 1.58 bits per heavy atom. The fourth-order valence-corrected chi connectivity index (χ4v) is 1.24. The first-order chi connectivity index (χ1) is 5.65. The van der Waals surface area contributed by atoms with Gasteiger partial charge in [-0.05, 0) is 28.9 Å². The van der Waals surface area contributed by atoms with Crippen LogP contribution in [0.1, 0.15) is 6.92 Å². The predicted octanol–water partition coefficient (Wildman–Crippen LogP) is 2.57. The Hall–Kier alpha value is -0.770. The number of hydrogen-bond acceptors (Lipinski definition) is 2. The molecule has 4 heteroatoms. The Labute approximate surface area is 78.6 Å². The van der Waals surface area contributed by atoms with Gasteiger partial charge in [0, 0.05) is 6.07 Å². The van der Waals surface area contributed by atoms with Crippen LogP contribution in [0.4, 0.5) is 10.1 Å². The van der Waals surface area contributed by atoms with Crippen molar-refractivity contribution in [1.82, 2.24) is 0 Å². The zero-order valence-corrected chi connectivity index (χ0v) is 8.19. The number of halogens is 2. The van der Waals surface area contributed by atoms with Crippen molar-refractivity contribution in [1.29, 1.82) is 0 Å². The van der Waals surface area contributed by atoms with Crippen LogP contribution >= 0.6 is 15.9 Å². The van der Waals surface area contributed by atoms with Gasteiger partial charge in [0.1, 0.15) is 11.6 Å². The average Bonchev–Trinajstić information content (AvgIpc) is 2.01. The van der Waals surface area contributed by atoms with Gasteiger partial charge in [0.2, 0.25) is 0 Å². The minimum Gasteiger partial charge on any atom is -0.493 e. The molecule has 0 radical (unpaired) electrons. The lowest BCUT2D eigenvalue weighted by Gasteiger charge is -2.06. The van der Waals surface area contributed by atoms with Crippen LogP contribution in [-0.2, 0) is 0 Å². The van der Waals surface area contributed by atoms with Gasteiger partial charge in [0.15, 0.2) is 0 Å². The topological polar surface area (TPSA) is 35.2 Å². The molecule has 1 aromatic carbocycles. The molecule has 2 N–H and O–H groups in total. The number of rotatable bonds is 2. The molecule has 66 valence electrons. The standard InChI is InChI=1S/C8H9BrFNO/c1-2-12-8-4-7(11)6(10)3-5(8)9/h3-4H,2,11H2,1H3. The van der Waals surface area contributed by atoms with Crippen molar-refractivity contribution in [2.45, 2.75) is 6.92 Å². The Morgan fingerprint density at radius 3 is 2.83 bits per heavy atom. The quantitative estimate of drug-likeness (QED) is 0.798. The fourth-order valence-electron chi connectivity index (χ4n) is 0.811. The summed E-state index contributed by atoms with van der Waals surface area (Å²) in [6.45, 7) is 2.38. The number of benzene rings is 1. The molecule has 0 aromatic heterocycles. The second-order valence-corrected chi connectivity index (χ2v) is 3.09. The molecule has 0 aliphatic heterocycles. The van der Waals surface area contributed by atoms with E-state index in [0.717, 1.165) is 0 Å². The largest absolute Gasteiger partial charge is 0.493 e. The number of anilines is 1. The van der Waals surface area contributed by atoms with Gasteiger partial charge in [0.05, 0.1) is 16.8 Å². The van der Waals surface area contributed by atoms with E-state index in [2.05, 4.69) is 15.9 Å². The highest BCUT2D eigenvalue weighted by Crippen LogP contribution is 2.29. The SMILES string of the molecule is CCOc1cc(N)c(F)cc1Br. The van der Waals surface area contributed by atoms with Crippen LogP contribution in [-0.4, -0.2) is 6.61 Å². The van der Waals surface area contributed by atoms with E-state index >= 15 is 0 Å². The van der Waals surface area contributed by atoms with E-state index in [9.17, 15) is 4.39 Å². The van der Waals surface area contributed by atoms with Gasteiger partial charge in [-0.25, -0.2) is 4.39 Å². The zero-order chi connectivity index (χ0) is 9.14. The highest BCUT2D eigenvalue weighted by atomic mass is 79.9. The molecular formula is C8H9BrFNO.